The number of benzene rings is 1. The van der Waals surface area contributed by atoms with Gasteiger partial charge in [0.05, 0.1) is 5.52 Å². The van der Waals surface area contributed by atoms with Crippen molar-refractivity contribution in [3.63, 3.8) is 0 Å². The number of para-hydroxylation sites is 1. The molecule has 2 aromatic rings. The lowest BCUT2D eigenvalue weighted by molar-refractivity contribution is -0.127. The van der Waals surface area contributed by atoms with Gasteiger partial charge in [-0.3, -0.25) is 4.79 Å². The SMILES string of the molecule is CC(=O)N1CCC(c2nc3c(OC(N)=O)cccc3n2C)C1. The Morgan fingerprint density at radius 2 is 2.18 bits per heavy atom. The summed E-state index contributed by atoms with van der Waals surface area (Å²) in [6.07, 6.45) is 0.0197. The number of likely N-dealkylation sites (tertiary alicyclic amines) is 1. The lowest BCUT2D eigenvalue weighted by Crippen LogP contribution is -2.25. The maximum atomic E-state index is 11.5. The molecule has 2 amide bonds. The van der Waals surface area contributed by atoms with Gasteiger partial charge in [-0.05, 0) is 18.6 Å². The summed E-state index contributed by atoms with van der Waals surface area (Å²) in [7, 11) is 1.93. The Morgan fingerprint density at radius 1 is 1.41 bits per heavy atom. The minimum Gasteiger partial charge on any atom is -0.408 e. The van der Waals surface area contributed by atoms with E-state index < -0.39 is 6.09 Å². The van der Waals surface area contributed by atoms with Crippen LogP contribution in [0.1, 0.15) is 25.1 Å². The van der Waals surface area contributed by atoms with Gasteiger partial charge in [0.1, 0.15) is 11.3 Å². The Hall–Kier alpha value is -2.57. The number of ether oxygens (including phenoxy) is 1. The number of nitrogens with zero attached hydrogens (tertiary/aromatic N) is 3. The normalized spacial score (nSPS) is 17.9. The van der Waals surface area contributed by atoms with Gasteiger partial charge in [0.25, 0.3) is 0 Å². The van der Waals surface area contributed by atoms with Crippen LogP contribution in [0, 0.1) is 0 Å². The summed E-state index contributed by atoms with van der Waals surface area (Å²) in [6, 6.07) is 5.38. The van der Waals surface area contributed by atoms with Crippen LogP contribution in [0.5, 0.6) is 5.75 Å². The first-order valence-electron chi connectivity index (χ1n) is 7.15. The first kappa shape index (κ1) is 14.4. The fraction of sp³-hybridized carbons (Fsp3) is 0.400. The highest BCUT2D eigenvalue weighted by molar-refractivity contribution is 5.85. The summed E-state index contributed by atoms with van der Waals surface area (Å²) < 4.78 is 7.00. The first-order valence-corrected chi connectivity index (χ1v) is 7.15. The second kappa shape index (κ2) is 5.32. The highest BCUT2D eigenvalue weighted by Crippen LogP contribution is 2.32. The topological polar surface area (TPSA) is 90.5 Å². The molecule has 2 N–H and O–H groups in total. The van der Waals surface area contributed by atoms with E-state index in [1.54, 1.807) is 19.1 Å². The fourth-order valence-electron chi connectivity index (χ4n) is 3.02. The third kappa shape index (κ3) is 2.38. The molecule has 1 atom stereocenters. The van der Waals surface area contributed by atoms with Gasteiger partial charge in [0, 0.05) is 33.0 Å². The maximum Gasteiger partial charge on any atom is 0.410 e. The van der Waals surface area contributed by atoms with Crippen LogP contribution in [-0.4, -0.2) is 39.5 Å². The van der Waals surface area contributed by atoms with Gasteiger partial charge in [-0.25, -0.2) is 9.78 Å². The zero-order chi connectivity index (χ0) is 15.9. The average molecular weight is 302 g/mol. The van der Waals surface area contributed by atoms with E-state index in [1.807, 2.05) is 22.6 Å². The molecule has 0 radical (unpaired) electrons. The van der Waals surface area contributed by atoms with E-state index in [9.17, 15) is 9.59 Å². The molecule has 2 heterocycles. The highest BCUT2D eigenvalue weighted by atomic mass is 16.5. The van der Waals surface area contributed by atoms with E-state index in [0.29, 0.717) is 17.8 Å². The molecule has 1 aromatic heterocycles. The van der Waals surface area contributed by atoms with Crippen LogP contribution in [0.3, 0.4) is 0 Å². The standard InChI is InChI=1S/C15H18N4O3/c1-9(20)19-7-6-10(8-19)14-17-13-11(18(14)2)4-3-5-12(13)22-15(16)21/h3-5,10H,6-8H2,1-2H3,(H2,16,21). The summed E-state index contributed by atoms with van der Waals surface area (Å²) in [5, 5.41) is 0. The number of aromatic nitrogens is 2. The third-order valence-corrected chi connectivity index (χ3v) is 4.12. The molecule has 3 rings (SSSR count). The number of carbonyl (C=O) groups is 2. The summed E-state index contributed by atoms with van der Waals surface area (Å²) in [5.41, 5.74) is 6.58. The number of amides is 2. The molecule has 1 unspecified atom stereocenters. The Kier molecular flexibility index (Phi) is 3.48. The van der Waals surface area contributed by atoms with Gasteiger partial charge < -0.3 is 19.9 Å². The van der Waals surface area contributed by atoms with E-state index in [-0.39, 0.29) is 11.8 Å². The summed E-state index contributed by atoms with van der Waals surface area (Å²) in [5.74, 6) is 1.51. The van der Waals surface area contributed by atoms with Crippen LogP contribution in [-0.2, 0) is 11.8 Å². The number of hydrogen-bond donors (Lipinski definition) is 1. The fourth-order valence-corrected chi connectivity index (χ4v) is 3.02. The summed E-state index contributed by atoms with van der Waals surface area (Å²) in [6.45, 7) is 2.99. The molecule has 1 aliphatic rings. The van der Waals surface area contributed by atoms with Gasteiger partial charge in [-0.2, -0.15) is 0 Å². The number of carbonyl (C=O) groups excluding carboxylic acids is 2. The number of rotatable bonds is 2. The largest absolute Gasteiger partial charge is 0.410 e. The molecule has 1 aromatic carbocycles. The zero-order valence-corrected chi connectivity index (χ0v) is 12.6. The van der Waals surface area contributed by atoms with Crippen molar-refractivity contribution in [1.29, 1.82) is 0 Å². The van der Waals surface area contributed by atoms with Gasteiger partial charge in [-0.1, -0.05) is 6.07 Å². The maximum absolute atomic E-state index is 11.5. The van der Waals surface area contributed by atoms with Gasteiger partial charge in [-0.15, -0.1) is 0 Å². The Morgan fingerprint density at radius 3 is 2.82 bits per heavy atom. The van der Waals surface area contributed by atoms with Crippen LogP contribution in [0.15, 0.2) is 18.2 Å². The number of fused-ring (bicyclic) bond motifs is 1. The molecule has 7 heteroatoms. The van der Waals surface area contributed by atoms with Crippen molar-refractivity contribution in [2.24, 2.45) is 12.8 Å². The number of nitrogens with two attached hydrogens (primary N) is 1. The number of primary amides is 1. The van der Waals surface area contributed by atoms with Crippen molar-refractivity contribution in [2.45, 2.75) is 19.3 Å². The molecule has 0 saturated carbocycles. The Balaban J connectivity index is 2.00. The predicted octanol–water partition coefficient (Wildman–Crippen LogP) is 1.37. The second-order valence-electron chi connectivity index (χ2n) is 5.52. The van der Waals surface area contributed by atoms with Crippen LogP contribution in [0.4, 0.5) is 4.79 Å². The van der Waals surface area contributed by atoms with Crippen molar-refractivity contribution in [2.75, 3.05) is 13.1 Å². The second-order valence-corrected chi connectivity index (χ2v) is 5.52. The van der Waals surface area contributed by atoms with Crippen molar-refractivity contribution in [3.8, 4) is 5.75 Å². The van der Waals surface area contributed by atoms with Crippen molar-refractivity contribution >= 4 is 23.0 Å². The van der Waals surface area contributed by atoms with Crippen molar-refractivity contribution in [1.82, 2.24) is 14.5 Å². The molecule has 116 valence electrons. The van der Waals surface area contributed by atoms with Crippen LogP contribution < -0.4 is 10.5 Å². The van der Waals surface area contributed by atoms with Crippen LogP contribution in [0.2, 0.25) is 0 Å². The molecule has 1 fully saturated rings. The summed E-state index contributed by atoms with van der Waals surface area (Å²) in [4.78, 5) is 28.9. The number of aryl methyl sites for hydroxylation is 1. The summed E-state index contributed by atoms with van der Waals surface area (Å²) >= 11 is 0. The zero-order valence-electron chi connectivity index (χ0n) is 12.6. The molecule has 22 heavy (non-hydrogen) atoms. The average Bonchev–Trinajstić information content (AvgIpc) is 3.04. The third-order valence-electron chi connectivity index (χ3n) is 4.12. The number of imidazole rings is 1. The molecule has 0 aliphatic carbocycles. The van der Waals surface area contributed by atoms with Gasteiger partial charge in [0.15, 0.2) is 5.75 Å². The molecule has 1 aliphatic heterocycles. The first-order chi connectivity index (χ1) is 10.5. The van der Waals surface area contributed by atoms with E-state index in [1.165, 1.54) is 0 Å². The molecule has 1 saturated heterocycles. The van der Waals surface area contributed by atoms with E-state index in [2.05, 4.69) is 4.98 Å². The molecular weight excluding hydrogens is 284 g/mol. The molecule has 0 bridgehead atoms. The van der Waals surface area contributed by atoms with Gasteiger partial charge in [0.2, 0.25) is 5.91 Å². The van der Waals surface area contributed by atoms with Crippen molar-refractivity contribution in [3.05, 3.63) is 24.0 Å². The smallest absolute Gasteiger partial charge is 0.408 e. The predicted molar refractivity (Wildman–Crippen MR) is 80.5 cm³/mol. The van der Waals surface area contributed by atoms with Crippen molar-refractivity contribution < 1.29 is 14.3 Å². The molecular formula is C15H18N4O3. The minimum atomic E-state index is -0.858. The monoisotopic (exact) mass is 302 g/mol. The van der Waals surface area contributed by atoms with E-state index in [0.717, 1.165) is 24.3 Å². The lowest BCUT2D eigenvalue weighted by Gasteiger charge is -2.13. The van der Waals surface area contributed by atoms with E-state index in [4.69, 9.17) is 10.5 Å². The minimum absolute atomic E-state index is 0.0824. The molecule has 7 nitrogen and oxygen atoms in total. The van der Waals surface area contributed by atoms with Gasteiger partial charge >= 0.3 is 6.09 Å². The number of hydrogen-bond acceptors (Lipinski definition) is 4. The quantitative estimate of drug-likeness (QED) is 0.907. The Bertz CT molecular complexity index is 753. The Labute approximate surface area is 127 Å². The lowest BCUT2D eigenvalue weighted by atomic mass is 10.1. The van der Waals surface area contributed by atoms with Crippen LogP contribution in [0.25, 0.3) is 11.0 Å². The van der Waals surface area contributed by atoms with E-state index >= 15 is 0 Å². The highest BCUT2D eigenvalue weighted by Gasteiger charge is 2.29. The molecule has 0 spiro atoms. The van der Waals surface area contributed by atoms with Crippen LogP contribution >= 0.6 is 0 Å².